The number of carboxylic acid groups (broad SMARTS) is 1. The number of ether oxygens (including phenoxy) is 3. The number of carbonyl (C=O) groups is 1. The maximum Gasteiger partial charge on any atom is 0.336 e. The molecular weight excluding hydrogens is 320 g/mol. The van der Waals surface area contributed by atoms with Gasteiger partial charge in [-0.15, -0.1) is 0 Å². The Hall–Kier alpha value is -2.69. The summed E-state index contributed by atoms with van der Waals surface area (Å²) in [6.45, 7) is 0. The van der Waals surface area contributed by atoms with Crippen LogP contribution in [0.2, 0.25) is 0 Å². The quantitative estimate of drug-likeness (QED) is 0.697. The Morgan fingerprint density at radius 3 is 2.36 bits per heavy atom. The van der Waals surface area contributed by atoms with Gasteiger partial charge < -0.3 is 19.3 Å². The number of aromatic carboxylic acids is 1. The van der Waals surface area contributed by atoms with Crippen molar-refractivity contribution in [1.29, 1.82) is 0 Å². The van der Waals surface area contributed by atoms with E-state index in [1.54, 1.807) is 26.4 Å². The summed E-state index contributed by atoms with van der Waals surface area (Å²) in [5.74, 6) is 0.947. The number of aryl methyl sites for hydroxylation is 1. The van der Waals surface area contributed by atoms with E-state index in [1.165, 1.54) is 12.7 Å². The zero-order valence-corrected chi connectivity index (χ0v) is 14.9. The topological polar surface area (TPSA) is 65.0 Å². The maximum absolute atomic E-state index is 11.5. The summed E-state index contributed by atoms with van der Waals surface area (Å²) in [5.41, 5.74) is 2.15. The Balaban J connectivity index is 2.07. The van der Waals surface area contributed by atoms with Crippen LogP contribution in [0.3, 0.4) is 0 Å². The Morgan fingerprint density at radius 1 is 0.960 bits per heavy atom. The molecule has 5 nitrogen and oxygen atoms in total. The predicted molar refractivity (Wildman–Crippen MR) is 96.1 cm³/mol. The second-order valence-corrected chi connectivity index (χ2v) is 5.69. The monoisotopic (exact) mass is 344 g/mol. The summed E-state index contributed by atoms with van der Waals surface area (Å²) in [7, 11) is 4.73. The van der Waals surface area contributed by atoms with Gasteiger partial charge in [0.2, 0.25) is 0 Å². The van der Waals surface area contributed by atoms with Gasteiger partial charge >= 0.3 is 5.97 Å². The lowest BCUT2D eigenvalue weighted by Crippen LogP contribution is -2.06. The Labute approximate surface area is 148 Å². The van der Waals surface area contributed by atoms with Crippen LogP contribution in [-0.4, -0.2) is 32.4 Å². The van der Waals surface area contributed by atoms with Crippen LogP contribution in [0.5, 0.6) is 17.2 Å². The van der Waals surface area contributed by atoms with Crippen LogP contribution in [0.15, 0.2) is 36.4 Å². The van der Waals surface area contributed by atoms with E-state index in [4.69, 9.17) is 14.2 Å². The van der Waals surface area contributed by atoms with Crippen LogP contribution in [-0.2, 0) is 12.8 Å². The number of hydrogen-bond donors (Lipinski definition) is 1. The minimum absolute atomic E-state index is 0.263. The number of unbranched alkanes of at least 4 members (excludes halogenated alkanes) is 1. The molecule has 134 valence electrons. The molecule has 1 N–H and O–H groups in total. The number of carboxylic acids is 1. The van der Waals surface area contributed by atoms with Crippen molar-refractivity contribution >= 4 is 5.97 Å². The molecule has 0 unspecified atom stereocenters. The van der Waals surface area contributed by atoms with Gasteiger partial charge in [-0.1, -0.05) is 12.1 Å². The minimum atomic E-state index is -0.955. The highest BCUT2D eigenvalue weighted by Gasteiger charge is 2.18. The molecule has 0 saturated heterocycles. The first-order valence-corrected chi connectivity index (χ1v) is 8.20. The molecule has 0 bridgehead atoms. The first kappa shape index (κ1) is 18.6. The third kappa shape index (κ3) is 4.66. The molecule has 0 aliphatic heterocycles. The van der Waals surface area contributed by atoms with Gasteiger partial charge in [0.25, 0.3) is 0 Å². The molecule has 0 aromatic heterocycles. The molecule has 2 aromatic rings. The molecule has 0 saturated carbocycles. The van der Waals surface area contributed by atoms with Crippen molar-refractivity contribution in [3.63, 3.8) is 0 Å². The lowest BCUT2D eigenvalue weighted by molar-refractivity contribution is 0.0695. The van der Waals surface area contributed by atoms with E-state index in [-0.39, 0.29) is 5.56 Å². The Bertz CT molecular complexity index is 724. The molecule has 0 heterocycles. The van der Waals surface area contributed by atoms with Crippen LogP contribution in [0, 0.1) is 0 Å². The van der Waals surface area contributed by atoms with Crippen LogP contribution in [0.4, 0.5) is 0 Å². The fraction of sp³-hybridized carbons (Fsp3) is 0.350. The average Bonchev–Trinajstić information content (AvgIpc) is 2.64. The second kappa shape index (κ2) is 8.97. The third-order valence-electron chi connectivity index (χ3n) is 4.16. The summed E-state index contributed by atoms with van der Waals surface area (Å²) in [6, 6.07) is 11.2. The molecule has 0 radical (unpaired) electrons. The SMILES string of the molecule is COc1cccc(CCCCc2c(C(=O)O)ccc(OC)c2OC)c1. The van der Waals surface area contributed by atoms with Gasteiger partial charge in [0.1, 0.15) is 5.75 Å². The van der Waals surface area contributed by atoms with Gasteiger partial charge in [0.05, 0.1) is 26.9 Å². The Kier molecular flexibility index (Phi) is 6.69. The molecule has 5 heteroatoms. The highest BCUT2D eigenvalue weighted by Crippen LogP contribution is 2.34. The van der Waals surface area contributed by atoms with Crippen molar-refractivity contribution < 1.29 is 24.1 Å². The van der Waals surface area contributed by atoms with Gasteiger partial charge in [-0.05, 0) is 55.5 Å². The van der Waals surface area contributed by atoms with Crippen LogP contribution in [0.1, 0.15) is 34.3 Å². The molecule has 0 aliphatic rings. The summed E-state index contributed by atoms with van der Waals surface area (Å²) < 4.78 is 15.9. The van der Waals surface area contributed by atoms with Crippen molar-refractivity contribution in [2.75, 3.05) is 21.3 Å². The van der Waals surface area contributed by atoms with E-state index in [0.29, 0.717) is 23.5 Å². The van der Waals surface area contributed by atoms with Crippen LogP contribution < -0.4 is 14.2 Å². The normalized spacial score (nSPS) is 10.4. The van der Waals surface area contributed by atoms with Crippen molar-refractivity contribution in [1.82, 2.24) is 0 Å². The fourth-order valence-electron chi connectivity index (χ4n) is 2.90. The summed E-state index contributed by atoms with van der Waals surface area (Å²) in [4.78, 5) is 11.5. The number of rotatable bonds is 9. The van der Waals surface area contributed by atoms with Crippen LogP contribution >= 0.6 is 0 Å². The Morgan fingerprint density at radius 2 is 1.72 bits per heavy atom. The zero-order chi connectivity index (χ0) is 18.2. The summed E-state index contributed by atoms with van der Waals surface area (Å²) in [5, 5.41) is 9.43. The lowest BCUT2D eigenvalue weighted by Gasteiger charge is -2.15. The highest BCUT2D eigenvalue weighted by molar-refractivity contribution is 5.90. The molecular formula is C20H24O5. The predicted octanol–water partition coefficient (Wildman–Crippen LogP) is 3.98. The van der Waals surface area contributed by atoms with E-state index in [0.717, 1.165) is 25.0 Å². The van der Waals surface area contributed by atoms with E-state index in [2.05, 4.69) is 6.07 Å². The van der Waals surface area contributed by atoms with Gasteiger partial charge in [0.15, 0.2) is 11.5 Å². The van der Waals surface area contributed by atoms with Gasteiger partial charge in [-0.25, -0.2) is 4.79 Å². The standard InChI is InChI=1S/C20H24O5/c1-23-15-9-6-8-14(13-15)7-4-5-10-16-17(20(21)22)11-12-18(24-2)19(16)25-3/h6,8-9,11-13H,4-5,7,10H2,1-3H3,(H,21,22). The second-order valence-electron chi connectivity index (χ2n) is 5.69. The van der Waals surface area contributed by atoms with Crippen molar-refractivity contribution in [2.45, 2.75) is 25.7 Å². The van der Waals surface area contributed by atoms with Gasteiger partial charge in [0, 0.05) is 5.56 Å². The van der Waals surface area contributed by atoms with Gasteiger partial charge in [-0.3, -0.25) is 0 Å². The highest BCUT2D eigenvalue weighted by atomic mass is 16.5. The first-order chi connectivity index (χ1) is 12.1. The summed E-state index contributed by atoms with van der Waals surface area (Å²) in [6.07, 6.45) is 3.31. The largest absolute Gasteiger partial charge is 0.497 e. The number of benzene rings is 2. The van der Waals surface area contributed by atoms with Crippen molar-refractivity contribution in [3.8, 4) is 17.2 Å². The lowest BCUT2D eigenvalue weighted by atomic mass is 9.98. The average molecular weight is 344 g/mol. The van der Waals surface area contributed by atoms with Crippen molar-refractivity contribution in [3.05, 3.63) is 53.1 Å². The number of hydrogen-bond acceptors (Lipinski definition) is 4. The smallest absolute Gasteiger partial charge is 0.336 e. The summed E-state index contributed by atoms with van der Waals surface area (Å²) >= 11 is 0. The molecule has 0 amide bonds. The van der Waals surface area contributed by atoms with E-state index in [1.807, 2.05) is 18.2 Å². The van der Waals surface area contributed by atoms with Crippen LogP contribution in [0.25, 0.3) is 0 Å². The fourth-order valence-corrected chi connectivity index (χ4v) is 2.90. The molecule has 2 aromatic carbocycles. The molecule has 0 spiro atoms. The first-order valence-electron chi connectivity index (χ1n) is 8.20. The number of methoxy groups -OCH3 is 3. The molecule has 2 rings (SSSR count). The van der Waals surface area contributed by atoms with E-state index in [9.17, 15) is 9.90 Å². The zero-order valence-electron chi connectivity index (χ0n) is 14.9. The van der Waals surface area contributed by atoms with E-state index < -0.39 is 5.97 Å². The molecule has 0 atom stereocenters. The molecule has 0 aliphatic carbocycles. The molecule has 25 heavy (non-hydrogen) atoms. The van der Waals surface area contributed by atoms with Crippen molar-refractivity contribution in [2.24, 2.45) is 0 Å². The molecule has 0 fully saturated rings. The van der Waals surface area contributed by atoms with E-state index >= 15 is 0 Å². The maximum atomic E-state index is 11.5. The van der Waals surface area contributed by atoms with Gasteiger partial charge in [-0.2, -0.15) is 0 Å². The third-order valence-corrected chi connectivity index (χ3v) is 4.16. The minimum Gasteiger partial charge on any atom is -0.497 e.